The van der Waals surface area contributed by atoms with Crippen LogP contribution < -0.4 is 15.6 Å². The van der Waals surface area contributed by atoms with Gasteiger partial charge in [0.15, 0.2) is 0 Å². The van der Waals surface area contributed by atoms with E-state index < -0.39 is 5.60 Å². The summed E-state index contributed by atoms with van der Waals surface area (Å²) in [6.45, 7) is 5.60. The number of ether oxygens (including phenoxy) is 2. The van der Waals surface area contributed by atoms with Crippen molar-refractivity contribution in [3.05, 3.63) is 52.6 Å². The van der Waals surface area contributed by atoms with Crippen LogP contribution in [0.5, 0.6) is 5.75 Å². The van der Waals surface area contributed by atoms with Crippen LogP contribution in [0, 0.1) is 0 Å². The van der Waals surface area contributed by atoms with E-state index >= 15 is 0 Å². The van der Waals surface area contributed by atoms with Crippen LogP contribution in [-0.2, 0) is 17.4 Å². The van der Waals surface area contributed by atoms with Crippen LogP contribution in [-0.4, -0.2) is 46.1 Å². The second kappa shape index (κ2) is 8.63. The van der Waals surface area contributed by atoms with Crippen LogP contribution in [0.15, 0.2) is 41.5 Å². The molecule has 33 heavy (non-hydrogen) atoms. The monoisotopic (exact) mass is 451 g/mol. The molecule has 2 fully saturated rings. The van der Waals surface area contributed by atoms with Crippen molar-refractivity contribution in [3.8, 4) is 16.9 Å². The molecule has 1 aliphatic carbocycles. The van der Waals surface area contributed by atoms with Gasteiger partial charge in [0.1, 0.15) is 17.4 Å². The van der Waals surface area contributed by atoms with Gasteiger partial charge >= 0.3 is 0 Å². The van der Waals surface area contributed by atoms with E-state index in [0.29, 0.717) is 11.6 Å². The fourth-order valence-corrected chi connectivity index (χ4v) is 4.82. The molecule has 1 aromatic carbocycles. The Labute approximate surface area is 193 Å². The quantitative estimate of drug-likeness (QED) is 0.534. The summed E-state index contributed by atoms with van der Waals surface area (Å²) in [6, 6.07) is 7.74. The molecule has 7 heteroatoms. The number of nitrogens with zero attached hydrogens (tertiary/aromatic N) is 1. The molecule has 0 bridgehead atoms. The smallest absolute Gasteiger partial charge is 0.274 e. The number of nitrogens with one attached hydrogen (secondary N) is 2. The number of aromatic nitrogens is 2. The molecule has 0 amide bonds. The first-order valence-corrected chi connectivity index (χ1v) is 11.9. The minimum absolute atomic E-state index is 0.0724. The van der Waals surface area contributed by atoms with Crippen molar-refractivity contribution in [1.29, 1.82) is 0 Å². The van der Waals surface area contributed by atoms with Crippen LogP contribution >= 0.6 is 0 Å². The van der Waals surface area contributed by atoms with Crippen LogP contribution in [0.1, 0.15) is 45.1 Å². The lowest BCUT2D eigenvalue weighted by Gasteiger charge is -2.38. The van der Waals surface area contributed by atoms with Gasteiger partial charge in [-0.25, -0.2) is 0 Å². The Bertz CT molecular complexity index is 1190. The third-order valence-electron chi connectivity index (χ3n) is 6.89. The number of aliphatic hydroxyl groups is 1. The van der Waals surface area contributed by atoms with Gasteiger partial charge in [-0.3, -0.25) is 4.79 Å². The minimum atomic E-state index is -0.991. The SMILES string of the molecule is Cn1cc(-c2cc(C(C)(C)O)ccc2OC2CC(OC3CCNCC3)C2)c2cc[nH]c2c1=O. The molecule has 2 aromatic heterocycles. The summed E-state index contributed by atoms with van der Waals surface area (Å²) in [5.74, 6) is 0.759. The first kappa shape index (κ1) is 22.2. The van der Waals surface area contributed by atoms with Gasteiger partial charge in [-0.1, -0.05) is 6.07 Å². The Balaban J connectivity index is 1.43. The third kappa shape index (κ3) is 4.45. The van der Waals surface area contributed by atoms with Crippen LogP contribution in [0.4, 0.5) is 0 Å². The molecule has 1 saturated carbocycles. The van der Waals surface area contributed by atoms with Crippen molar-refractivity contribution >= 4 is 10.9 Å². The normalized spacial score (nSPS) is 21.8. The van der Waals surface area contributed by atoms with Gasteiger partial charge < -0.3 is 29.4 Å². The molecule has 3 aromatic rings. The molecule has 0 radical (unpaired) electrons. The molecule has 176 valence electrons. The highest BCUT2D eigenvalue weighted by Gasteiger charge is 2.34. The Morgan fingerprint density at radius 2 is 1.82 bits per heavy atom. The second-order valence-corrected chi connectivity index (χ2v) is 9.91. The van der Waals surface area contributed by atoms with E-state index in [1.807, 2.05) is 30.5 Å². The lowest BCUT2D eigenvalue weighted by atomic mass is 9.90. The zero-order chi connectivity index (χ0) is 23.2. The molecular formula is C26H33N3O4. The molecule has 3 heterocycles. The second-order valence-electron chi connectivity index (χ2n) is 9.91. The van der Waals surface area contributed by atoms with Crippen molar-refractivity contribution in [1.82, 2.24) is 14.9 Å². The number of H-pyrrole nitrogens is 1. The van der Waals surface area contributed by atoms with E-state index in [9.17, 15) is 9.90 Å². The summed E-state index contributed by atoms with van der Waals surface area (Å²) in [5.41, 5.74) is 2.07. The molecule has 7 nitrogen and oxygen atoms in total. The van der Waals surface area contributed by atoms with E-state index in [4.69, 9.17) is 9.47 Å². The van der Waals surface area contributed by atoms with E-state index in [2.05, 4.69) is 10.3 Å². The lowest BCUT2D eigenvalue weighted by molar-refractivity contribution is -0.103. The van der Waals surface area contributed by atoms with E-state index in [-0.39, 0.29) is 17.8 Å². The molecule has 1 saturated heterocycles. The number of fused-ring (bicyclic) bond motifs is 1. The first-order valence-electron chi connectivity index (χ1n) is 11.9. The van der Waals surface area contributed by atoms with Gasteiger partial charge in [-0.2, -0.15) is 0 Å². The Morgan fingerprint density at radius 1 is 1.06 bits per heavy atom. The third-order valence-corrected chi connectivity index (χ3v) is 6.89. The van der Waals surface area contributed by atoms with Gasteiger partial charge in [0.05, 0.1) is 17.8 Å². The van der Waals surface area contributed by atoms with Crippen molar-refractivity contribution in [2.24, 2.45) is 7.05 Å². The summed E-state index contributed by atoms with van der Waals surface area (Å²) in [5, 5.41) is 14.8. The highest BCUT2D eigenvalue weighted by atomic mass is 16.5. The average molecular weight is 452 g/mol. The summed E-state index contributed by atoms with van der Waals surface area (Å²) in [7, 11) is 1.75. The maximum Gasteiger partial charge on any atom is 0.274 e. The largest absolute Gasteiger partial charge is 0.490 e. The highest BCUT2D eigenvalue weighted by Crippen LogP contribution is 2.39. The van der Waals surface area contributed by atoms with E-state index in [0.717, 1.165) is 66.6 Å². The van der Waals surface area contributed by atoms with E-state index in [1.54, 1.807) is 31.7 Å². The molecule has 0 unspecified atom stereocenters. The maximum absolute atomic E-state index is 12.6. The standard InChI is InChI=1S/C26H33N3O4/c1-26(2,31)16-4-5-23(33-19-13-18(14-19)32-17-6-9-27-10-7-17)21(12-16)22-15-29(3)25(30)24-20(22)8-11-28-24/h4-5,8,11-12,15,17-19,27-28,31H,6-7,9-10,13-14H2,1-3H3. The molecule has 0 atom stereocenters. The van der Waals surface area contributed by atoms with Crippen molar-refractivity contribution < 1.29 is 14.6 Å². The predicted molar refractivity (Wildman–Crippen MR) is 129 cm³/mol. The summed E-state index contributed by atoms with van der Waals surface area (Å²) >= 11 is 0. The van der Waals surface area contributed by atoms with Crippen LogP contribution in [0.3, 0.4) is 0 Å². The Kier molecular flexibility index (Phi) is 5.80. The van der Waals surface area contributed by atoms with E-state index in [1.165, 1.54) is 0 Å². The maximum atomic E-state index is 12.6. The number of aryl methyl sites for hydroxylation is 1. The number of rotatable bonds is 6. The average Bonchev–Trinajstić information content (AvgIpc) is 3.25. The van der Waals surface area contributed by atoms with Crippen molar-refractivity contribution in [2.45, 2.75) is 63.4 Å². The van der Waals surface area contributed by atoms with Crippen molar-refractivity contribution in [3.63, 3.8) is 0 Å². The first-order chi connectivity index (χ1) is 15.8. The number of hydrogen-bond donors (Lipinski definition) is 3. The molecule has 1 aliphatic heterocycles. The number of pyridine rings is 1. The minimum Gasteiger partial charge on any atom is -0.490 e. The van der Waals surface area contributed by atoms with Crippen LogP contribution in [0.2, 0.25) is 0 Å². The number of hydrogen-bond acceptors (Lipinski definition) is 5. The number of piperidine rings is 1. The molecule has 0 spiro atoms. The molecule has 3 N–H and O–H groups in total. The topological polar surface area (TPSA) is 88.5 Å². The van der Waals surface area contributed by atoms with Gasteiger partial charge in [-0.15, -0.1) is 0 Å². The summed E-state index contributed by atoms with van der Waals surface area (Å²) in [4.78, 5) is 15.6. The van der Waals surface area contributed by atoms with Gasteiger partial charge in [0.2, 0.25) is 0 Å². The van der Waals surface area contributed by atoms with Gasteiger partial charge in [-0.05, 0) is 63.5 Å². The Morgan fingerprint density at radius 3 is 2.55 bits per heavy atom. The zero-order valence-corrected chi connectivity index (χ0v) is 19.6. The predicted octanol–water partition coefficient (Wildman–Crippen LogP) is 3.44. The fraction of sp³-hybridized carbons (Fsp3) is 0.500. The highest BCUT2D eigenvalue weighted by molar-refractivity contribution is 5.96. The molecular weight excluding hydrogens is 418 g/mol. The zero-order valence-electron chi connectivity index (χ0n) is 19.6. The summed E-state index contributed by atoms with van der Waals surface area (Å²) in [6.07, 6.45) is 8.24. The summed E-state index contributed by atoms with van der Waals surface area (Å²) < 4.78 is 14.3. The van der Waals surface area contributed by atoms with Gasteiger partial charge in [0, 0.05) is 48.8 Å². The van der Waals surface area contributed by atoms with Crippen LogP contribution in [0.25, 0.3) is 22.0 Å². The fourth-order valence-electron chi connectivity index (χ4n) is 4.82. The lowest BCUT2D eigenvalue weighted by Crippen LogP contribution is -2.43. The number of aromatic amines is 1. The Hall–Kier alpha value is -2.61. The molecule has 5 rings (SSSR count). The van der Waals surface area contributed by atoms with Gasteiger partial charge in [0.25, 0.3) is 5.56 Å². The number of benzene rings is 1. The van der Waals surface area contributed by atoms with Crippen molar-refractivity contribution in [2.75, 3.05) is 13.1 Å². The molecule has 2 aliphatic rings.